The number of hydrogen-bond donors (Lipinski definition) is 0. The van der Waals surface area contributed by atoms with E-state index in [1.807, 2.05) is 115 Å². The first kappa shape index (κ1) is 33.0. The van der Waals surface area contributed by atoms with Gasteiger partial charge in [0.1, 0.15) is 22.2 Å². The minimum atomic E-state index is 0.548. The van der Waals surface area contributed by atoms with Crippen LogP contribution in [0, 0.1) is 0 Å². The van der Waals surface area contributed by atoms with E-state index in [-0.39, 0.29) is 0 Å². The smallest absolute Gasteiger partial charge is 0.227 e. The Morgan fingerprint density at radius 3 is 1.36 bits per heavy atom. The molecule has 0 aliphatic heterocycles. The number of benzene rings is 8. The number of nitrogens with zero attached hydrogens (tertiary/aromatic N) is 5. The van der Waals surface area contributed by atoms with Gasteiger partial charge >= 0.3 is 0 Å². The largest absolute Gasteiger partial charge is 0.455 e. The summed E-state index contributed by atoms with van der Waals surface area (Å²) >= 11 is 0. The van der Waals surface area contributed by atoms with Gasteiger partial charge in [0.05, 0.1) is 0 Å². The van der Waals surface area contributed by atoms with Gasteiger partial charge in [-0.15, -0.1) is 0 Å². The molecule has 0 saturated heterocycles. The highest BCUT2D eigenvalue weighted by molar-refractivity contribution is 6.10. The van der Waals surface area contributed by atoms with Crippen LogP contribution >= 0.6 is 0 Å². The number of rotatable bonds is 6. The number of oxazole rings is 2. The lowest BCUT2D eigenvalue weighted by molar-refractivity contribution is 0.619. The average Bonchev–Trinajstić information content (AvgIpc) is 4.04. The monoisotopic (exact) mass is 759 g/mol. The molecule has 12 rings (SSSR count). The molecule has 8 aromatic carbocycles. The topological polar surface area (TPSA) is 104 Å². The lowest BCUT2D eigenvalue weighted by Crippen LogP contribution is -2.00. The molecule has 0 aliphatic rings. The van der Waals surface area contributed by atoms with Crippen molar-refractivity contribution in [3.63, 3.8) is 0 Å². The van der Waals surface area contributed by atoms with Crippen molar-refractivity contribution in [2.24, 2.45) is 0 Å². The van der Waals surface area contributed by atoms with E-state index in [1.165, 1.54) is 0 Å². The molecular formula is C51H29N5O3. The molecule has 59 heavy (non-hydrogen) atoms. The van der Waals surface area contributed by atoms with Gasteiger partial charge in [-0.2, -0.15) is 0 Å². The van der Waals surface area contributed by atoms with Gasteiger partial charge in [0.2, 0.25) is 11.8 Å². The summed E-state index contributed by atoms with van der Waals surface area (Å²) in [4.78, 5) is 24.5. The summed E-state index contributed by atoms with van der Waals surface area (Å²) in [5, 5.41) is 4.39. The molecule has 4 aromatic heterocycles. The van der Waals surface area contributed by atoms with Crippen LogP contribution in [0.4, 0.5) is 0 Å². The Hall–Kier alpha value is -8.23. The molecule has 0 spiro atoms. The number of hydrogen-bond acceptors (Lipinski definition) is 8. The second-order valence-corrected chi connectivity index (χ2v) is 14.5. The first-order chi connectivity index (χ1) is 29.2. The fourth-order valence-electron chi connectivity index (χ4n) is 7.81. The standard InChI is InChI=1S/C51H29N5O3/c1-4-13-43-39(8-1)40-10-7-9-38(46(40)57-43)36-26-24-35-29-37(27-25-34(35)28-36)49-55-47(30-16-20-32(21-17-30)50-52-41-11-2-5-14-44(41)58-50)54-48(56-49)31-18-22-33(23-19-31)51-53-42-12-3-6-15-45(42)59-51/h1-29H. The summed E-state index contributed by atoms with van der Waals surface area (Å²) in [6, 6.07) is 58.8. The Kier molecular flexibility index (Phi) is 7.36. The number of para-hydroxylation sites is 6. The molecule has 276 valence electrons. The van der Waals surface area contributed by atoms with E-state index in [0.717, 1.165) is 93.9 Å². The van der Waals surface area contributed by atoms with Gasteiger partial charge in [0.15, 0.2) is 28.6 Å². The SMILES string of the molecule is c1ccc2oc(-c3ccc(-c4nc(-c5ccc(-c6nc7ccccc7o6)cc5)nc(-c5ccc6cc(-c7cccc8c7oc7ccccc78)ccc6c5)n4)cc3)nc2c1. The molecule has 0 N–H and O–H groups in total. The van der Waals surface area contributed by atoms with Crippen molar-refractivity contribution in [2.75, 3.05) is 0 Å². The molecule has 8 nitrogen and oxygen atoms in total. The maximum Gasteiger partial charge on any atom is 0.227 e. The summed E-state index contributed by atoms with van der Waals surface area (Å²) in [5.41, 5.74) is 11.3. The Balaban J connectivity index is 0.933. The number of fused-ring (bicyclic) bond motifs is 6. The fraction of sp³-hybridized carbons (Fsp3) is 0. The van der Waals surface area contributed by atoms with Crippen LogP contribution in [0.1, 0.15) is 0 Å². The van der Waals surface area contributed by atoms with Crippen LogP contribution in [0.5, 0.6) is 0 Å². The zero-order valence-corrected chi connectivity index (χ0v) is 31.2. The summed E-state index contributed by atoms with van der Waals surface area (Å²) in [6.07, 6.45) is 0. The lowest BCUT2D eigenvalue weighted by Gasteiger charge is -2.10. The molecule has 0 bridgehead atoms. The number of furan rings is 1. The van der Waals surface area contributed by atoms with E-state index >= 15 is 0 Å². The van der Waals surface area contributed by atoms with E-state index in [1.54, 1.807) is 0 Å². The molecule has 12 aromatic rings. The van der Waals surface area contributed by atoms with Crippen molar-refractivity contribution >= 4 is 54.9 Å². The van der Waals surface area contributed by atoms with Gasteiger partial charge in [0, 0.05) is 44.2 Å². The summed E-state index contributed by atoms with van der Waals surface area (Å²) < 4.78 is 18.5. The van der Waals surface area contributed by atoms with Gasteiger partial charge in [-0.05, 0) is 83.1 Å². The van der Waals surface area contributed by atoms with E-state index in [0.29, 0.717) is 29.3 Å². The maximum atomic E-state index is 6.37. The molecule has 0 unspecified atom stereocenters. The predicted octanol–water partition coefficient (Wildman–Crippen LogP) is 13.2. The molecular weight excluding hydrogens is 731 g/mol. The van der Waals surface area contributed by atoms with E-state index in [9.17, 15) is 0 Å². The van der Waals surface area contributed by atoms with Gasteiger partial charge in [-0.1, -0.05) is 109 Å². The van der Waals surface area contributed by atoms with Crippen molar-refractivity contribution in [1.82, 2.24) is 24.9 Å². The highest BCUT2D eigenvalue weighted by atomic mass is 16.4. The van der Waals surface area contributed by atoms with Crippen molar-refractivity contribution in [2.45, 2.75) is 0 Å². The summed E-state index contributed by atoms with van der Waals surface area (Å²) in [7, 11) is 0. The molecule has 0 radical (unpaired) electrons. The highest BCUT2D eigenvalue weighted by Crippen LogP contribution is 2.38. The van der Waals surface area contributed by atoms with Crippen LogP contribution in [0.3, 0.4) is 0 Å². The van der Waals surface area contributed by atoms with Crippen molar-refractivity contribution in [3.8, 4) is 68.2 Å². The first-order valence-corrected chi connectivity index (χ1v) is 19.3. The van der Waals surface area contributed by atoms with E-state index in [2.05, 4.69) is 70.6 Å². The van der Waals surface area contributed by atoms with Crippen LogP contribution in [-0.4, -0.2) is 24.9 Å². The summed E-state index contributed by atoms with van der Waals surface area (Å²) in [6.45, 7) is 0. The lowest BCUT2D eigenvalue weighted by atomic mass is 9.98. The third kappa shape index (κ3) is 5.73. The average molecular weight is 760 g/mol. The molecule has 4 heterocycles. The number of aromatic nitrogens is 5. The quantitative estimate of drug-likeness (QED) is 0.165. The van der Waals surface area contributed by atoms with Crippen LogP contribution in [0.15, 0.2) is 189 Å². The van der Waals surface area contributed by atoms with Crippen molar-refractivity contribution in [1.29, 1.82) is 0 Å². The van der Waals surface area contributed by atoms with Gasteiger partial charge in [0.25, 0.3) is 0 Å². The normalized spacial score (nSPS) is 11.7. The van der Waals surface area contributed by atoms with E-state index < -0.39 is 0 Å². The van der Waals surface area contributed by atoms with Gasteiger partial charge in [-0.3, -0.25) is 0 Å². The summed E-state index contributed by atoms with van der Waals surface area (Å²) in [5.74, 6) is 2.77. The molecule has 0 aliphatic carbocycles. The highest BCUT2D eigenvalue weighted by Gasteiger charge is 2.17. The third-order valence-electron chi connectivity index (χ3n) is 10.8. The molecule has 0 fully saturated rings. The van der Waals surface area contributed by atoms with Crippen LogP contribution in [-0.2, 0) is 0 Å². The molecule has 0 saturated carbocycles. The molecule has 0 amide bonds. The molecule has 0 atom stereocenters. The second kappa shape index (κ2) is 13.2. The fourth-order valence-corrected chi connectivity index (χ4v) is 7.81. The maximum absolute atomic E-state index is 6.37. The zero-order chi connectivity index (χ0) is 38.9. The Labute approximate surface area is 336 Å². The third-order valence-corrected chi connectivity index (χ3v) is 10.8. The van der Waals surface area contributed by atoms with Gasteiger partial charge < -0.3 is 13.3 Å². The van der Waals surface area contributed by atoms with Crippen molar-refractivity contribution < 1.29 is 13.3 Å². The minimum absolute atomic E-state index is 0.548. The molecule has 8 heteroatoms. The zero-order valence-electron chi connectivity index (χ0n) is 31.2. The van der Waals surface area contributed by atoms with E-state index in [4.69, 9.17) is 28.2 Å². The van der Waals surface area contributed by atoms with Crippen LogP contribution < -0.4 is 0 Å². The predicted molar refractivity (Wildman–Crippen MR) is 232 cm³/mol. The Bertz CT molecular complexity index is 3360. The van der Waals surface area contributed by atoms with Crippen LogP contribution in [0.25, 0.3) is 123 Å². The van der Waals surface area contributed by atoms with Crippen LogP contribution in [0.2, 0.25) is 0 Å². The van der Waals surface area contributed by atoms with Crippen molar-refractivity contribution in [3.05, 3.63) is 176 Å². The van der Waals surface area contributed by atoms with Gasteiger partial charge in [-0.25, -0.2) is 24.9 Å². The minimum Gasteiger partial charge on any atom is -0.455 e. The Morgan fingerprint density at radius 1 is 0.305 bits per heavy atom. The second-order valence-electron chi connectivity index (χ2n) is 14.5. The first-order valence-electron chi connectivity index (χ1n) is 19.3. The Morgan fingerprint density at radius 2 is 0.763 bits per heavy atom.